The molecule has 416 valence electrons. The van der Waals surface area contributed by atoms with Crippen molar-refractivity contribution in [2.75, 3.05) is 136 Å². The second-order valence-corrected chi connectivity index (χ2v) is 16.5. The van der Waals surface area contributed by atoms with E-state index in [1.54, 1.807) is 62.5 Å². The number of nitrogens with zero attached hydrogens (tertiary/aromatic N) is 1. The van der Waals surface area contributed by atoms with Gasteiger partial charge >= 0.3 is 18.2 Å². The Hall–Kier alpha value is -5.89. The molecule has 0 aliphatic rings. The third kappa shape index (κ3) is 35.3. The number of aromatic carboxylic acids is 1. The van der Waals surface area contributed by atoms with Gasteiger partial charge in [-0.15, -0.1) is 0 Å². The molecule has 6 N–H and O–H groups in total. The predicted molar refractivity (Wildman–Crippen MR) is 277 cm³/mol. The van der Waals surface area contributed by atoms with Gasteiger partial charge in [-0.3, -0.25) is 14.9 Å². The van der Waals surface area contributed by atoms with Crippen molar-refractivity contribution in [2.45, 2.75) is 72.6 Å². The lowest BCUT2D eigenvalue weighted by Gasteiger charge is -2.19. The summed E-state index contributed by atoms with van der Waals surface area (Å²) >= 11 is 0. The number of para-hydroxylation sites is 1. The molecule has 74 heavy (non-hydrogen) atoms. The highest BCUT2D eigenvalue weighted by molar-refractivity contribution is 6.01. The highest BCUT2D eigenvalue weighted by atomic mass is 16.6. The predicted octanol–water partition coefficient (Wildman–Crippen LogP) is 4.99. The molecular formula is C51H80N6O17. The minimum absolute atomic E-state index is 0.0220. The molecule has 1 heterocycles. The van der Waals surface area contributed by atoms with Crippen molar-refractivity contribution in [1.82, 2.24) is 20.9 Å². The number of carboxylic acids is 1. The second-order valence-electron chi connectivity index (χ2n) is 16.5. The summed E-state index contributed by atoms with van der Waals surface area (Å²) in [4.78, 5) is 72.5. The van der Waals surface area contributed by atoms with Gasteiger partial charge < -0.3 is 78.5 Å². The van der Waals surface area contributed by atoms with E-state index in [4.69, 9.17) is 47.4 Å². The van der Waals surface area contributed by atoms with Crippen molar-refractivity contribution in [1.29, 1.82) is 0 Å². The molecule has 23 nitrogen and oxygen atoms in total. The number of rotatable bonds is 36. The van der Waals surface area contributed by atoms with Gasteiger partial charge in [0.25, 0.3) is 0 Å². The van der Waals surface area contributed by atoms with E-state index < -0.39 is 23.8 Å². The van der Waals surface area contributed by atoms with E-state index in [1.807, 2.05) is 20.8 Å². The minimum Gasteiger partial charge on any atom is -0.476 e. The zero-order valence-electron chi connectivity index (χ0n) is 44.1. The first-order chi connectivity index (χ1) is 35.6. The summed E-state index contributed by atoms with van der Waals surface area (Å²) in [5.74, 6) is -1.64. The monoisotopic (exact) mass is 1050 g/mol. The molecule has 3 rings (SSSR count). The maximum absolute atomic E-state index is 12.2. The van der Waals surface area contributed by atoms with Crippen LogP contribution < -0.4 is 26.6 Å². The maximum Gasteiger partial charge on any atom is 0.412 e. The first-order valence-corrected chi connectivity index (χ1v) is 24.6. The van der Waals surface area contributed by atoms with Crippen molar-refractivity contribution in [3.8, 4) is 0 Å². The number of anilines is 2. The topological polar surface area (TPSA) is 288 Å². The van der Waals surface area contributed by atoms with Gasteiger partial charge in [-0.05, 0) is 64.6 Å². The molecule has 0 bridgehead atoms. The summed E-state index contributed by atoms with van der Waals surface area (Å²) < 4.78 is 53.4. The number of aromatic nitrogens is 1. The number of aldehydes is 1. The Kier molecular flexibility index (Phi) is 37.9. The number of ether oxygens (including phenoxy) is 10. The molecular weight excluding hydrogens is 969 g/mol. The molecule has 1 atom stereocenters. The van der Waals surface area contributed by atoms with Crippen LogP contribution in [0.15, 0.2) is 54.6 Å². The number of carbonyl (C=O) groups is 6. The van der Waals surface area contributed by atoms with E-state index in [0.717, 1.165) is 0 Å². The third-order valence-corrected chi connectivity index (χ3v) is 8.96. The maximum atomic E-state index is 12.2. The van der Waals surface area contributed by atoms with Crippen molar-refractivity contribution in [2.24, 2.45) is 0 Å². The molecule has 0 saturated heterocycles. The number of carboxylic acid groups (broad SMARTS) is 1. The van der Waals surface area contributed by atoms with Crippen LogP contribution in [0.25, 0.3) is 10.9 Å². The highest BCUT2D eigenvalue weighted by Gasteiger charge is 2.18. The second kappa shape index (κ2) is 42.5. The molecule has 23 heteroatoms. The van der Waals surface area contributed by atoms with Crippen LogP contribution in [0.5, 0.6) is 0 Å². The zero-order chi connectivity index (χ0) is 54.7. The molecule has 0 saturated carbocycles. The average molecular weight is 1050 g/mol. The lowest BCUT2D eigenvalue weighted by molar-refractivity contribution is -0.123. The van der Waals surface area contributed by atoms with Gasteiger partial charge in [-0.1, -0.05) is 50.6 Å². The van der Waals surface area contributed by atoms with Crippen molar-refractivity contribution >= 4 is 58.5 Å². The number of nitrogens with one attached hydrogen (secondary N) is 5. The SMILES string of the molecule is CC(C)(C)OC(=O)NCCOCCOCCOCCOCCOCCOCCOCCOCCC(=O)NCC=O.CCC.CNC(C)C(=O)Nc1ccc(COC(=O)Nc2cc3ccccc3nc2C(=O)O)cc1. The lowest BCUT2D eigenvalue weighted by atomic mass is 10.1. The summed E-state index contributed by atoms with van der Waals surface area (Å²) in [6.07, 6.45) is 0.831. The Labute approximate surface area is 434 Å². The molecule has 0 radical (unpaired) electrons. The van der Waals surface area contributed by atoms with Gasteiger partial charge in [0.15, 0.2) is 5.69 Å². The molecule has 0 spiro atoms. The van der Waals surface area contributed by atoms with E-state index in [-0.39, 0.29) is 55.4 Å². The van der Waals surface area contributed by atoms with Crippen LogP contribution in [0.3, 0.4) is 0 Å². The van der Waals surface area contributed by atoms with Crippen molar-refractivity contribution in [3.05, 3.63) is 65.9 Å². The van der Waals surface area contributed by atoms with Crippen LogP contribution in [-0.2, 0) is 68.4 Å². The number of pyridine rings is 1. The molecule has 4 amide bonds. The number of carbonyl (C=O) groups excluding carboxylic acids is 5. The van der Waals surface area contributed by atoms with E-state index in [0.29, 0.717) is 134 Å². The fraction of sp³-hybridized carbons (Fsp3) is 0.588. The number of hydrogen-bond acceptors (Lipinski definition) is 18. The average Bonchev–Trinajstić information content (AvgIpc) is 3.36. The van der Waals surface area contributed by atoms with Crippen molar-refractivity contribution in [3.63, 3.8) is 0 Å². The van der Waals surface area contributed by atoms with Crippen LogP contribution in [0.2, 0.25) is 0 Å². The molecule has 0 aliphatic heterocycles. The summed E-state index contributed by atoms with van der Waals surface area (Å²) in [5.41, 5.74) is 1.09. The molecule has 1 aromatic heterocycles. The van der Waals surface area contributed by atoms with Crippen LogP contribution in [0, 0.1) is 0 Å². The Morgan fingerprint density at radius 1 is 0.662 bits per heavy atom. The number of alkyl carbamates (subject to hydrolysis) is 1. The van der Waals surface area contributed by atoms with Gasteiger partial charge in [0.2, 0.25) is 11.8 Å². The van der Waals surface area contributed by atoms with E-state index in [9.17, 15) is 33.9 Å². The zero-order valence-corrected chi connectivity index (χ0v) is 44.1. The third-order valence-electron chi connectivity index (χ3n) is 8.96. The summed E-state index contributed by atoms with van der Waals surface area (Å²) in [6, 6.07) is 15.0. The van der Waals surface area contributed by atoms with Crippen LogP contribution in [0.1, 0.15) is 70.4 Å². The molecule has 1 unspecified atom stereocenters. The highest BCUT2D eigenvalue weighted by Crippen LogP contribution is 2.22. The van der Waals surface area contributed by atoms with Gasteiger partial charge in [-0.25, -0.2) is 19.4 Å². The summed E-state index contributed by atoms with van der Waals surface area (Å²) in [5, 5.41) is 23.2. The smallest absolute Gasteiger partial charge is 0.412 e. The van der Waals surface area contributed by atoms with E-state index in [1.165, 1.54) is 12.5 Å². The lowest BCUT2D eigenvalue weighted by Crippen LogP contribution is -2.35. The Bertz CT molecular complexity index is 2010. The normalized spacial score (nSPS) is 11.2. The van der Waals surface area contributed by atoms with E-state index >= 15 is 0 Å². The Morgan fingerprint density at radius 3 is 1.62 bits per heavy atom. The van der Waals surface area contributed by atoms with E-state index in [2.05, 4.69) is 45.4 Å². The van der Waals surface area contributed by atoms with Crippen LogP contribution in [0.4, 0.5) is 21.0 Å². The van der Waals surface area contributed by atoms with Gasteiger partial charge in [0.1, 0.15) is 18.5 Å². The number of hydrogen-bond donors (Lipinski definition) is 6. The number of fused-ring (bicyclic) bond motifs is 1. The molecule has 3 aromatic rings. The molecule has 0 fully saturated rings. The van der Waals surface area contributed by atoms with Gasteiger partial charge in [0.05, 0.1) is 130 Å². The number of benzene rings is 2. The number of amides is 4. The first kappa shape index (κ1) is 66.1. The van der Waals surface area contributed by atoms with Gasteiger partial charge in [-0.2, -0.15) is 0 Å². The first-order valence-electron chi connectivity index (χ1n) is 24.6. The fourth-order valence-electron chi connectivity index (χ4n) is 5.32. The summed E-state index contributed by atoms with van der Waals surface area (Å²) in [6.45, 7) is 18.8. The number of likely N-dealkylation sites (N-methyl/N-ethyl adjacent to an activating group) is 1. The largest absolute Gasteiger partial charge is 0.476 e. The Morgan fingerprint density at radius 2 is 1.15 bits per heavy atom. The standard InChI is InChI=1S/C26H50N2O12.C22H22N4O5.C3H8/c1-26(2,3)40-25(31)28-6-9-33-11-13-35-15-17-37-19-21-39-23-22-38-20-18-36-16-14-34-12-10-32-8-4-24(30)27-5-7-29;1-13(23-2)20(27)24-16-9-7-14(8-10-16)12-31-22(30)26-18-11-15-5-3-4-6-17(15)25-19(18)21(28)29;1-3-2/h7H,4-6,8-23H2,1-3H3,(H,27,30)(H,28,31);3-11,13,23H,12H2,1-2H3,(H,24,27)(H,26,30)(H,28,29);3H2,1-2H3. The molecule has 2 aromatic carbocycles. The van der Waals surface area contributed by atoms with Crippen LogP contribution >= 0.6 is 0 Å². The quantitative estimate of drug-likeness (QED) is 0.0330. The fourth-order valence-corrected chi connectivity index (χ4v) is 5.32. The Balaban J connectivity index is 0.000000719. The van der Waals surface area contributed by atoms with Crippen LogP contribution in [-0.4, -0.2) is 184 Å². The minimum atomic E-state index is -1.26. The van der Waals surface area contributed by atoms with Gasteiger partial charge in [0, 0.05) is 24.0 Å². The molecule has 0 aliphatic carbocycles. The van der Waals surface area contributed by atoms with Crippen molar-refractivity contribution < 1.29 is 81.2 Å². The summed E-state index contributed by atoms with van der Waals surface area (Å²) in [7, 11) is 1.70.